The van der Waals surface area contributed by atoms with Crippen molar-refractivity contribution in [2.24, 2.45) is 0 Å². The number of carbonyl (C=O) groups is 2. The number of nitrogens with one attached hydrogen (secondary N) is 1. The second-order valence-corrected chi connectivity index (χ2v) is 2.80. The largest absolute Gasteiger partial charge is 0.300 e. The molecule has 1 fully saturated rings. The first-order valence-corrected chi connectivity index (χ1v) is 4.16. The van der Waals surface area contributed by atoms with Crippen LogP contribution in [0.4, 0.5) is 0 Å². The minimum Gasteiger partial charge on any atom is -0.300 e. The lowest BCUT2D eigenvalue weighted by Gasteiger charge is -2.24. The van der Waals surface area contributed by atoms with Gasteiger partial charge in [-0.25, -0.2) is 0 Å². The Bertz CT molecular complexity index is 241. The van der Waals surface area contributed by atoms with Crippen molar-refractivity contribution in [2.45, 2.75) is 12.8 Å². The number of hydrogen-bond acceptors (Lipinski definition) is 4. The van der Waals surface area contributed by atoms with Crippen molar-refractivity contribution in [3.8, 4) is 6.07 Å². The maximum absolute atomic E-state index is 11.2. The van der Waals surface area contributed by atoms with E-state index in [1.165, 1.54) is 4.90 Å². The predicted octanol–water partition coefficient (Wildman–Crippen LogP) is -0.751. The van der Waals surface area contributed by atoms with Gasteiger partial charge in [-0.3, -0.25) is 19.8 Å². The second-order valence-electron chi connectivity index (χ2n) is 2.80. The lowest BCUT2D eigenvalue weighted by atomic mass is 10.2. The molecular formula is C8H11N3O2. The average molecular weight is 181 g/mol. The fourth-order valence-electron chi connectivity index (χ4n) is 1.17. The summed E-state index contributed by atoms with van der Waals surface area (Å²) in [6.45, 7) is 0.809. The molecule has 2 amide bonds. The van der Waals surface area contributed by atoms with Gasteiger partial charge in [-0.1, -0.05) is 0 Å². The van der Waals surface area contributed by atoms with Crippen LogP contribution in [0, 0.1) is 11.3 Å². The molecule has 0 aromatic carbocycles. The summed E-state index contributed by atoms with van der Waals surface area (Å²) in [4.78, 5) is 23.5. The maximum atomic E-state index is 11.2. The zero-order valence-electron chi connectivity index (χ0n) is 7.25. The zero-order chi connectivity index (χ0) is 9.68. The third-order valence-corrected chi connectivity index (χ3v) is 1.82. The monoisotopic (exact) mass is 181 g/mol. The van der Waals surface area contributed by atoms with Gasteiger partial charge < -0.3 is 0 Å². The van der Waals surface area contributed by atoms with Gasteiger partial charge in [-0.05, 0) is 6.42 Å². The van der Waals surface area contributed by atoms with E-state index < -0.39 is 0 Å². The lowest BCUT2D eigenvalue weighted by molar-refractivity contribution is -0.146. The van der Waals surface area contributed by atoms with Crippen molar-refractivity contribution in [3.05, 3.63) is 0 Å². The standard InChI is InChI=1S/C8H11N3O2/c9-3-1-2-4-11-7(12)5-10-6-8(11)13/h10H,1-2,4-6H2. The van der Waals surface area contributed by atoms with Crippen LogP contribution in [0.5, 0.6) is 0 Å². The van der Waals surface area contributed by atoms with E-state index in [9.17, 15) is 9.59 Å². The number of unbranched alkanes of at least 4 members (excludes halogenated alkanes) is 1. The van der Waals surface area contributed by atoms with Crippen molar-refractivity contribution < 1.29 is 9.59 Å². The SMILES string of the molecule is N#CCCCN1C(=O)CNCC1=O. The van der Waals surface area contributed by atoms with Gasteiger partial charge in [0.2, 0.25) is 11.8 Å². The molecule has 0 bridgehead atoms. The van der Waals surface area contributed by atoms with Crippen LogP contribution in [0.3, 0.4) is 0 Å². The molecule has 0 saturated carbocycles. The van der Waals surface area contributed by atoms with Gasteiger partial charge in [-0.2, -0.15) is 5.26 Å². The summed E-state index contributed by atoms with van der Waals surface area (Å²) in [7, 11) is 0. The van der Waals surface area contributed by atoms with Crippen LogP contribution >= 0.6 is 0 Å². The molecule has 0 unspecified atom stereocenters. The van der Waals surface area contributed by atoms with Crippen LogP contribution < -0.4 is 5.32 Å². The highest BCUT2D eigenvalue weighted by Crippen LogP contribution is 1.99. The normalized spacial score (nSPS) is 17.3. The highest BCUT2D eigenvalue weighted by Gasteiger charge is 2.24. The van der Waals surface area contributed by atoms with Gasteiger partial charge in [-0.15, -0.1) is 0 Å². The molecular weight excluding hydrogens is 170 g/mol. The van der Waals surface area contributed by atoms with Gasteiger partial charge in [0.25, 0.3) is 0 Å². The summed E-state index contributed by atoms with van der Waals surface area (Å²) in [6, 6.07) is 1.97. The predicted molar refractivity (Wildman–Crippen MR) is 44.4 cm³/mol. The Morgan fingerprint density at radius 3 is 2.54 bits per heavy atom. The van der Waals surface area contributed by atoms with Crippen molar-refractivity contribution >= 4 is 11.8 Å². The van der Waals surface area contributed by atoms with E-state index in [1.54, 1.807) is 0 Å². The molecule has 0 aromatic rings. The van der Waals surface area contributed by atoms with E-state index in [0.717, 1.165) is 0 Å². The molecule has 0 aliphatic carbocycles. The average Bonchev–Trinajstić information content (AvgIpc) is 2.10. The van der Waals surface area contributed by atoms with Crippen LogP contribution in [0.1, 0.15) is 12.8 Å². The Labute approximate surface area is 76.3 Å². The molecule has 5 nitrogen and oxygen atoms in total. The second kappa shape index (κ2) is 4.58. The fraction of sp³-hybridized carbons (Fsp3) is 0.625. The fourth-order valence-corrected chi connectivity index (χ4v) is 1.17. The van der Waals surface area contributed by atoms with Crippen LogP contribution in [-0.2, 0) is 9.59 Å². The number of nitriles is 1. The van der Waals surface area contributed by atoms with Crippen molar-refractivity contribution in [1.29, 1.82) is 5.26 Å². The van der Waals surface area contributed by atoms with Crippen LogP contribution in [0.25, 0.3) is 0 Å². The first-order chi connectivity index (χ1) is 6.25. The van der Waals surface area contributed by atoms with E-state index in [2.05, 4.69) is 5.32 Å². The Morgan fingerprint density at radius 2 is 2.00 bits per heavy atom. The van der Waals surface area contributed by atoms with Crippen molar-refractivity contribution in [1.82, 2.24) is 10.2 Å². The van der Waals surface area contributed by atoms with Crippen LogP contribution in [0.2, 0.25) is 0 Å². The zero-order valence-corrected chi connectivity index (χ0v) is 7.25. The molecule has 1 aliphatic rings. The topological polar surface area (TPSA) is 73.2 Å². The summed E-state index contributed by atoms with van der Waals surface area (Å²) in [5.41, 5.74) is 0. The quantitative estimate of drug-likeness (QED) is 0.459. The van der Waals surface area contributed by atoms with Crippen molar-refractivity contribution in [3.63, 3.8) is 0 Å². The number of imide groups is 1. The summed E-state index contributed by atoms with van der Waals surface area (Å²) >= 11 is 0. The van der Waals surface area contributed by atoms with Gasteiger partial charge in [0.1, 0.15) is 0 Å². The number of piperazine rings is 1. The third-order valence-electron chi connectivity index (χ3n) is 1.82. The Morgan fingerprint density at radius 1 is 1.38 bits per heavy atom. The van der Waals surface area contributed by atoms with Crippen LogP contribution in [-0.4, -0.2) is 36.3 Å². The molecule has 5 heteroatoms. The number of hydrogen-bond donors (Lipinski definition) is 1. The van der Waals surface area contributed by atoms with Gasteiger partial charge in [0.15, 0.2) is 0 Å². The minimum atomic E-state index is -0.200. The third kappa shape index (κ3) is 2.53. The molecule has 1 rings (SSSR count). The van der Waals surface area contributed by atoms with E-state index in [1.807, 2.05) is 6.07 Å². The van der Waals surface area contributed by atoms with E-state index >= 15 is 0 Å². The highest BCUT2D eigenvalue weighted by atomic mass is 16.2. The van der Waals surface area contributed by atoms with Crippen LogP contribution in [0.15, 0.2) is 0 Å². The maximum Gasteiger partial charge on any atom is 0.243 e. The highest BCUT2D eigenvalue weighted by molar-refractivity contribution is 5.99. The number of carbonyl (C=O) groups excluding carboxylic acids is 2. The Kier molecular flexibility index (Phi) is 3.41. The molecule has 0 spiro atoms. The Balaban J connectivity index is 2.41. The van der Waals surface area contributed by atoms with Crippen molar-refractivity contribution in [2.75, 3.05) is 19.6 Å². The summed E-state index contributed by atoms with van der Waals surface area (Å²) in [6.07, 6.45) is 0.943. The first kappa shape index (κ1) is 9.68. The molecule has 0 atom stereocenters. The van der Waals surface area contributed by atoms with E-state index in [0.29, 0.717) is 19.4 Å². The molecule has 1 N–H and O–H groups in total. The number of amides is 2. The molecule has 0 aromatic heterocycles. The molecule has 1 heterocycles. The molecule has 70 valence electrons. The first-order valence-electron chi connectivity index (χ1n) is 4.16. The summed E-state index contributed by atoms with van der Waals surface area (Å²) in [5, 5.41) is 11.0. The van der Waals surface area contributed by atoms with Gasteiger partial charge in [0, 0.05) is 13.0 Å². The van der Waals surface area contributed by atoms with Gasteiger partial charge in [0.05, 0.1) is 19.2 Å². The molecule has 13 heavy (non-hydrogen) atoms. The lowest BCUT2D eigenvalue weighted by Crippen LogP contribution is -2.52. The minimum absolute atomic E-state index is 0.200. The summed E-state index contributed by atoms with van der Waals surface area (Å²) in [5.74, 6) is -0.400. The Hall–Kier alpha value is -1.41. The summed E-state index contributed by atoms with van der Waals surface area (Å²) < 4.78 is 0. The van der Waals surface area contributed by atoms with E-state index in [4.69, 9.17) is 5.26 Å². The van der Waals surface area contributed by atoms with E-state index in [-0.39, 0.29) is 24.9 Å². The molecule has 1 aliphatic heterocycles. The van der Waals surface area contributed by atoms with Gasteiger partial charge >= 0.3 is 0 Å². The smallest absolute Gasteiger partial charge is 0.243 e. The number of rotatable bonds is 3. The number of nitrogens with zero attached hydrogens (tertiary/aromatic N) is 2. The molecule has 0 radical (unpaired) electrons. The molecule has 1 saturated heterocycles.